The molecule has 1 rings (SSSR count). The number of nitrogens with zero attached hydrogens (tertiary/aromatic N) is 1. The van der Waals surface area contributed by atoms with E-state index in [0.29, 0.717) is 5.75 Å². The molecule has 0 heterocycles. The maximum Gasteiger partial charge on any atom is 0.416 e. The van der Waals surface area contributed by atoms with E-state index in [-0.39, 0.29) is 12.1 Å². The van der Waals surface area contributed by atoms with Crippen LogP contribution in [0.2, 0.25) is 0 Å². The van der Waals surface area contributed by atoms with Gasteiger partial charge in [-0.25, -0.2) is 5.53 Å². The normalized spacial score (nSPS) is 11.2. The van der Waals surface area contributed by atoms with Crippen molar-refractivity contribution in [3.05, 3.63) is 29.3 Å². The van der Waals surface area contributed by atoms with Crippen LogP contribution in [0.3, 0.4) is 0 Å². The number of hydrogen-bond donors (Lipinski definition) is 1. The molecular weight excluding hydrogens is 209 g/mol. The second-order valence-corrected chi connectivity index (χ2v) is 2.84. The van der Waals surface area contributed by atoms with Crippen molar-refractivity contribution < 1.29 is 17.9 Å². The monoisotopic (exact) mass is 218 g/mol. The zero-order valence-corrected chi connectivity index (χ0v) is 7.93. The van der Waals surface area contributed by atoms with Crippen molar-refractivity contribution in [1.29, 1.82) is 5.53 Å². The minimum absolute atomic E-state index is 0.118. The van der Waals surface area contributed by atoms with E-state index >= 15 is 0 Å². The van der Waals surface area contributed by atoms with Gasteiger partial charge in [0, 0.05) is 5.56 Å². The molecule has 0 aliphatic heterocycles. The van der Waals surface area contributed by atoms with Crippen LogP contribution in [-0.2, 0) is 12.7 Å². The van der Waals surface area contributed by atoms with Crippen LogP contribution in [0.4, 0.5) is 13.2 Å². The SMILES string of the molecule is COc1ccc(C(F)(F)F)cc1CN=N. The first-order valence-electron chi connectivity index (χ1n) is 4.06. The lowest BCUT2D eigenvalue weighted by molar-refractivity contribution is -0.137. The highest BCUT2D eigenvalue weighted by atomic mass is 19.4. The molecule has 0 radical (unpaired) electrons. The Hall–Kier alpha value is -1.59. The molecule has 1 N–H and O–H groups in total. The lowest BCUT2D eigenvalue weighted by Gasteiger charge is -2.10. The highest BCUT2D eigenvalue weighted by Gasteiger charge is 2.31. The fourth-order valence-electron chi connectivity index (χ4n) is 1.16. The maximum atomic E-state index is 12.3. The summed E-state index contributed by atoms with van der Waals surface area (Å²) in [4.78, 5) is 0. The van der Waals surface area contributed by atoms with Crippen molar-refractivity contribution in [2.75, 3.05) is 7.11 Å². The molecule has 6 heteroatoms. The van der Waals surface area contributed by atoms with E-state index in [1.54, 1.807) is 0 Å². The zero-order valence-electron chi connectivity index (χ0n) is 7.93. The average Bonchev–Trinajstić information content (AvgIpc) is 2.17. The van der Waals surface area contributed by atoms with E-state index in [4.69, 9.17) is 10.3 Å². The smallest absolute Gasteiger partial charge is 0.416 e. The summed E-state index contributed by atoms with van der Waals surface area (Å²) in [5.41, 5.74) is 6.12. The summed E-state index contributed by atoms with van der Waals surface area (Å²) in [5, 5.41) is 3.04. The summed E-state index contributed by atoms with van der Waals surface area (Å²) in [6.45, 7) is -0.118. The van der Waals surface area contributed by atoms with Gasteiger partial charge in [-0.2, -0.15) is 18.3 Å². The van der Waals surface area contributed by atoms with Gasteiger partial charge in [-0.1, -0.05) is 0 Å². The highest BCUT2D eigenvalue weighted by Crippen LogP contribution is 2.32. The number of alkyl halides is 3. The Morgan fingerprint density at radius 1 is 1.40 bits per heavy atom. The number of nitrogens with one attached hydrogen (secondary N) is 1. The predicted octanol–water partition coefficient (Wildman–Crippen LogP) is 3.24. The van der Waals surface area contributed by atoms with Gasteiger partial charge in [0.2, 0.25) is 0 Å². The Balaban J connectivity index is 3.15. The van der Waals surface area contributed by atoms with Crippen molar-refractivity contribution in [3.63, 3.8) is 0 Å². The average molecular weight is 218 g/mol. The first-order chi connectivity index (χ1) is 6.99. The quantitative estimate of drug-likeness (QED) is 0.777. The lowest BCUT2D eigenvalue weighted by atomic mass is 10.1. The second-order valence-electron chi connectivity index (χ2n) is 2.84. The number of halogens is 3. The molecule has 0 aromatic heterocycles. The van der Waals surface area contributed by atoms with Crippen molar-refractivity contribution >= 4 is 0 Å². The first-order valence-corrected chi connectivity index (χ1v) is 4.06. The molecule has 1 aromatic carbocycles. The Morgan fingerprint density at radius 2 is 2.07 bits per heavy atom. The van der Waals surface area contributed by atoms with Crippen LogP contribution in [0.1, 0.15) is 11.1 Å². The Morgan fingerprint density at radius 3 is 2.53 bits per heavy atom. The fourth-order valence-corrected chi connectivity index (χ4v) is 1.16. The molecule has 0 fully saturated rings. The predicted molar refractivity (Wildman–Crippen MR) is 46.8 cm³/mol. The molecule has 0 saturated heterocycles. The molecule has 0 unspecified atom stereocenters. The third-order valence-electron chi connectivity index (χ3n) is 1.86. The van der Waals surface area contributed by atoms with Gasteiger partial charge in [0.15, 0.2) is 0 Å². The van der Waals surface area contributed by atoms with Crippen LogP contribution in [0, 0.1) is 5.53 Å². The van der Waals surface area contributed by atoms with Gasteiger partial charge >= 0.3 is 6.18 Å². The standard InChI is InChI=1S/C9H9F3N2O/c1-15-8-3-2-7(9(10,11)12)4-6(8)5-14-13/h2-4,13H,5H2,1H3. The molecule has 15 heavy (non-hydrogen) atoms. The minimum atomic E-state index is -4.39. The number of benzene rings is 1. The molecule has 0 aliphatic rings. The lowest BCUT2D eigenvalue weighted by Crippen LogP contribution is -2.06. The summed E-state index contributed by atoms with van der Waals surface area (Å²) < 4.78 is 41.8. The molecule has 0 atom stereocenters. The second kappa shape index (κ2) is 4.29. The van der Waals surface area contributed by atoms with E-state index < -0.39 is 11.7 Å². The number of methoxy groups -OCH3 is 1. The molecule has 0 bridgehead atoms. The van der Waals surface area contributed by atoms with Crippen LogP contribution >= 0.6 is 0 Å². The molecule has 0 spiro atoms. The van der Waals surface area contributed by atoms with Crippen molar-refractivity contribution in [2.24, 2.45) is 5.11 Å². The van der Waals surface area contributed by atoms with Gasteiger partial charge in [0.05, 0.1) is 19.2 Å². The molecule has 0 aliphatic carbocycles. The van der Waals surface area contributed by atoms with Gasteiger partial charge in [0.1, 0.15) is 5.75 Å². The number of rotatable bonds is 3. The van der Waals surface area contributed by atoms with E-state index in [1.807, 2.05) is 0 Å². The van der Waals surface area contributed by atoms with Crippen molar-refractivity contribution in [1.82, 2.24) is 0 Å². The van der Waals surface area contributed by atoms with E-state index in [0.717, 1.165) is 12.1 Å². The number of ether oxygens (including phenoxy) is 1. The van der Waals surface area contributed by atoms with Crippen LogP contribution in [0.5, 0.6) is 5.75 Å². The fraction of sp³-hybridized carbons (Fsp3) is 0.333. The van der Waals surface area contributed by atoms with E-state index in [2.05, 4.69) is 5.11 Å². The molecule has 1 aromatic rings. The van der Waals surface area contributed by atoms with Gasteiger partial charge in [-0.05, 0) is 18.2 Å². The zero-order chi connectivity index (χ0) is 11.5. The van der Waals surface area contributed by atoms with E-state index in [1.165, 1.54) is 13.2 Å². The van der Waals surface area contributed by atoms with E-state index in [9.17, 15) is 13.2 Å². The summed E-state index contributed by atoms with van der Waals surface area (Å²) in [5.74, 6) is 0.305. The summed E-state index contributed by atoms with van der Waals surface area (Å²) in [6, 6.07) is 3.10. The summed E-state index contributed by atoms with van der Waals surface area (Å²) >= 11 is 0. The maximum absolute atomic E-state index is 12.3. The largest absolute Gasteiger partial charge is 0.496 e. The Bertz CT molecular complexity index is 363. The van der Waals surface area contributed by atoms with Crippen molar-refractivity contribution in [3.8, 4) is 5.75 Å². The molecule has 82 valence electrons. The Kier molecular flexibility index (Phi) is 3.28. The summed E-state index contributed by atoms with van der Waals surface area (Å²) in [7, 11) is 1.36. The van der Waals surface area contributed by atoms with Crippen molar-refractivity contribution in [2.45, 2.75) is 12.7 Å². The molecule has 0 saturated carbocycles. The topological polar surface area (TPSA) is 45.4 Å². The molecular formula is C9H9F3N2O. The van der Waals surface area contributed by atoms with Crippen LogP contribution in [-0.4, -0.2) is 7.11 Å². The minimum Gasteiger partial charge on any atom is -0.496 e. The summed E-state index contributed by atoms with van der Waals surface area (Å²) in [6.07, 6.45) is -4.39. The number of hydrogen-bond acceptors (Lipinski definition) is 3. The third-order valence-corrected chi connectivity index (χ3v) is 1.86. The van der Waals surface area contributed by atoms with Gasteiger partial charge in [-0.15, -0.1) is 0 Å². The first kappa shape index (κ1) is 11.5. The Labute approximate surface area is 84.4 Å². The van der Waals surface area contributed by atoms with Crippen LogP contribution < -0.4 is 4.74 Å². The molecule has 0 amide bonds. The highest BCUT2D eigenvalue weighted by molar-refractivity contribution is 5.38. The van der Waals surface area contributed by atoms with Gasteiger partial charge in [-0.3, -0.25) is 0 Å². The van der Waals surface area contributed by atoms with Crippen LogP contribution in [0.15, 0.2) is 23.3 Å². The van der Waals surface area contributed by atoms with Gasteiger partial charge < -0.3 is 4.74 Å². The third kappa shape index (κ3) is 2.68. The van der Waals surface area contributed by atoms with Crippen LogP contribution in [0.25, 0.3) is 0 Å². The van der Waals surface area contributed by atoms with Gasteiger partial charge in [0.25, 0.3) is 0 Å². The molecule has 3 nitrogen and oxygen atoms in total.